The molecule has 0 saturated carbocycles. The molecule has 206 valence electrons. The minimum atomic E-state index is -1.24. The first-order chi connectivity index (χ1) is 19.9. The number of aromatic nitrogens is 4. The van der Waals surface area contributed by atoms with Crippen LogP contribution in [0.4, 0.5) is 14.9 Å². The maximum atomic E-state index is 13.6. The Morgan fingerprint density at radius 1 is 0.902 bits per heavy atom. The zero-order valence-electron chi connectivity index (χ0n) is 22.1. The van der Waals surface area contributed by atoms with Crippen molar-refractivity contribution in [1.82, 2.24) is 24.6 Å². The molecule has 2 aromatic carbocycles. The molecule has 1 aliphatic rings. The fraction of sp³-hybridized carbons (Fsp3) is 0.194. The third-order valence-electron chi connectivity index (χ3n) is 7.19. The molecule has 6 rings (SSSR count). The van der Waals surface area contributed by atoms with Gasteiger partial charge in [-0.2, -0.15) is 9.78 Å². The van der Waals surface area contributed by atoms with E-state index in [1.165, 1.54) is 37.6 Å². The molecule has 2 N–H and O–H groups in total. The van der Waals surface area contributed by atoms with Gasteiger partial charge in [-0.05, 0) is 79.5 Å². The van der Waals surface area contributed by atoms with E-state index < -0.39 is 12.0 Å². The van der Waals surface area contributed by atoms with Crippen LogP contribution in [0, 0.1) is 5.82 Å². The molecule has 0 spiro atoms. The largest absolute Gasteiger partial charge is 0.476 e. The Balaban J connectivity index is 1.26. The molecule has 1 amide bonds. The Morgan fingerprint density at radius 3 is 2.51 bits per heavy atom. The Bertz CT molecular complexity index is 1750. The fourth-order valence-corrected chi connectivity index (χ4v) is 5.18. The SMILES string of the molecule is O=C(O)c1nn(C(=O)Nc2ccc(-c3cccc(F)c3)nc2)c2ccc(-c3cncc(CN4CCCCC4)c3)cc12. The molecule has 10 heteroatoms. The van der Waals surface area contributed by atoms with Crippen molar-refractivity contribution in [1.29, 1.82) is 0 Å². The van der Waals surface area contributed by atoms with Crippen LogP contribution in [0.15, 0.2) is 79.3 Å². The second kappa shape index (κ2) is 11.3. The van der Waals surface area contributed by atoms with E-state index in [9.17, 15) is 19.1 Å². The number of rotatable bonds is 6. The van der Waals surface area contributed by atoms with E-state index in [1.807, 2.05) is 12.3 Å². The lowest BCUT2D eigenvalue weighted by molar-refractivity contribution is 0.0692. The lowest BCUT2D eigenvalue weighted by Crippen LogP contribution is -2.29. The smallest absolute Gasteiger partial charge is 0.357 e. The van der Waals surface area contributed by atoms with E-state index in [0.717, 1.165) is 41.0 Å². The van der Waals surface area contributed by atoms with E-state index in [1.54, 1.807) is 42.6 Å². The fourth-order valence-electron chi connectivity index (χ4n) is 5.18. The van der Waals surface area contributed by atoms with Crippen LogP contribution in [-0.2, 0) is 6.54 Å². The highest BCUT2D eigenvalue weighted by Gasteiger charge is 2.21. The molecule has 5 aromatic rings. The number of hydrogen-bond acceptors (Lipinski definition) is 6. The van der Waals surface area contributed by atoms with Crippen molar-refractivity contribution in [3.05, 3.63) is 96.3 Å². The highest BCUT2D eigenvalue weighted by Crippen LogP contribution is 2.28. The molecule has 0 atom stereocenters. The molecular formula is C31H27FN6O3. The van der Waals surface area contributed by atoms with Gasteiger partial charge in [-0.1, -0.05) is 24.6 Å². The zero-order valence-corrected chi connectivity index (χ0v) is 22.1. The molecule has 0 bridgehead atoms. The van der Waals surface area contributed by atoms with Gasteiger partial charge in [0.05, 0.1) is 23.1 Å². The number of piperidine rings is 1. The molecule has 41 heavy (non-hydrogen) atoms. The van der Waals surface area contributed by atoms with Crippen LogP contribution in [-0.4, -0.2) is 54.8 Å². The van der Waals surface area contributed by atoms with E-state index in [0.29, 0.717) is 27.8 Å². The number of carbonyl (C=O) groups is 2. The molecular weight excluding hydrogens is 523 g/mol. The summed E-state index contributed by atoms with van der Waals surface area (Å²) in [6.07, 6.45) is 8.74. The van der Waals surface area contributed by atoms with Gasteiger partial charge in [0, 0.05) is 35.5 Å². The Morgan fingerprint density at radius 2 is 1.76 bits per heavy atom. The third-order valence-corrected chi connectivity index (χ3v) is 7.19. The summed E-state index contributed by atoms with van der Waals surface area (Å²) in [6, 6.07) is 16.0. The van der Waals surface area contributed by atoms with Crippen LogP contribution in [0.1, 0.15) is 35.3 Å². The normalized spacial score (nSPS) is 13.8. The lowest BCUT2D eigenvalue weighted by Gasteiger charge is -2.26. The number of anilines is 1. The molecule has 4 heterocycles. The number of carbonyl (C=O) groups excluding carboxylic acids is 1. The minimum Gasteiger partial charge on any atom is -0.476 e. The number of amides is 1. The molecule has 9 nitrogen and oxygen atoms in total. The van der Waals surface area contributed by atoms with E-state index in [-0.39, 0.29) is 11.5 Å². The van der Waals surface area contributed by atoms with Gasteiger partial charge in [0.15, 0.2) is 5.69 Å². The van der Waals surface area contributed by atoms with E-state index >= 15 is 0 Å². The number of likely N-dealkylation sites (tertiary alicyclic amines) is 1. The predicted octanol–water partition coefficient (Wildman–Crippen LogP) is 6.06. The van der Waals surface area contributed by atoms with Crippen molar-refractivity contribution in [2.75, 3.05) is 18.4 Å². The number of carboxylic acids is 1. The molecule has 0 radical (unpaired) electrons. The summed E-state index contributed by atoms with van der Waals surface area (Å²) in [7, 11) is 0. The number of nitrogens with one attached hydrogen (secondary N) is 1. The van der Waals surface area contributed by atoms with Gasteiger partial charge in [-0.15, -0.1) is 0 Å². The molecule has 0 aliphatic carbocycles. The first kappa shape index (κ1) is 26.3. The van der Waals surface area contributed by atoms with E-state index in [4.69, 9.17) is 0 Å². The highest BCUT2D eigenvalue weighted by molar-refractivity contribution is 6.06. The van der Waals surface area contributed by atoms with Gasteiger partial charge in [0.25, 0.3) is 0 Å². The highest BCUT2D eigenvalue weighted by atomic mass is 19.1. The second-order valence-electron chi connectivity index (χ2n) is 10.1. The number of halogens is 1. The van der Waals surface area contributed by atoms with Crippen molar-refractivity contribution < 1.29 is 19.1 Å². The third kappa shape index (κ3) is 5.68. The average Bonchev–Trinajstić information content (AvgIpc) is 3.38. The van der Waals surface area contributed by atoms with Crippen molar-refractivity contribution in [2.45, 2.75) is 25.8 Å². The summed E-state index contributed by atoms with van der Waals surface area (Å²) >= 11 is 0. The Hall–Kier alpha value is -4.96. The van der Waals surface area contributed by atoms with E-state index in [2.05, 4.69) is 31.3 Å². The minimum absolute atomic E-state index is 0.228. The van der Waals surface area contributed by atoms with Gasteiger partial charge in [-0.25, -0.2) is 14.0 Å². The predicted molar refractivity (Wildman–Crippen MR) is 153 cm³/mol. The molecule has 1 fully saturated rings. The number of aromatic carboxylic acids is 1. The Labute approximate surface area is 235 Å². The van der Waals surface area contributed by atoms with Gasteiger partial charge in [-0.3, -0.25) is 14.9 Å². The first-order valence-electron chi connectivity index (χ1n) is 13.4. The summed E-state index contributed by atoms with van der Waals surface area (Å²) < 4.78 is 14.6. The first-order valence-corrected chi connectivity index (χ1v) is 13.4. The summed E-state index contributed by atoms with van der Waals surface area (Å²) in [6.45, 7) is 2.97. The zero-order chi connectivity index (χ0) is 28.3. The van der Waals surface area contributed by atoms with Crippen LogP contribution < -0.4 is 5.32 Å². The number of pyridine rings is 2. The quantitative estimate of drug-likeness (QED) is 0.264. The van der Waals surface area contributed by atoms with Gasteiger partial charge in [0.1, 0.15) is 5.82 Å². The number of fused-ring (bicyclic) bond motifs is 1. The van der Waals surface area contributed by atoms with Gasteiger partial charge in [0.2, 0.25) is 0 Å². The van der Waals surface area contributed by atoms with Gasteiger partial charge >= 0.3 is 12.0 Å². The van der Waals surface area contributed by atoms with Crippen molar-refractivity contribution >= 4 is 28.6 Å². The summed E-state index contributed by atoms with van der Waals surface area (Å²) in [4.78, 5) is 36.4. The Kier molecular flexibility index (Phi) is 7.22. The summed E-state index contributed by atoms with van der Waals surface area (Å²) in [5, 5.41) is 17.0. The van der Waals surface area contributed by atoms with Crippen LogP contribution in [0.5, 0.6) is 0 Å². The second-order valence-corrected chi connectivity index (χ2v) is 10.1. The van der Waals surface area contributed by atoms with Crippen LogP contribution in [0.2, 0.25) is 0 Å². The molecule has 0 unspecified atom stereocenters. The maximum absolute atomic E-state index is 13.6. The number of benzene rings is 2. The number of nitrogens with zero attached hydrogens (tertiary/aromatic N) is 5. The topological polar surface area (TPSA) is 113 Å². The molecule has 1 aliphatic heterocycles. The molecule has 3 aromatic heterocycles. The average molecular weight is 551 g/mol. The molecule has 1 saturated heterocycles. The summed E-state index contributed by atoms with van der Waals surface area (Å²) in [5.74, 6) is -1.61. The maximum Gasteiger partial charge on any atom is 0.357 e. The van der Waals surface area contributed by atoms with Crippen molar-refractivity contribution in [3.63, 3.8) is 0 Å². The van der Waals surface area contributed by atoms with Gasteiger partial charge < -0.3 is 10.4 Å². The monoisotopic (exact) mass is 550 g/mol. The summed E-state index contributed by atoms with van der Waals surface area (Å²) in [5.41, 5.74) is 4.39. The van der Waals surface area contributed by atoms with Crippen molar-refractivity contribution in [3.8, 4) is 22.4 Å². The van der Waals surface area contributed by atoms with Crippen LogP contribution in [0.3, 0.4) is 0 Å². The lowest BCUT2D eigenvalue weighted by atomic mass is 10.0. The number of carboxylic acid groups (broad SMARTS) is 1. The standard InChI is InChI=1S/C31H27FN6O3/c32-24-6-4-5-22(14-24)27-9-8-25(18-34-27)35-31(41)38-28-10-7-21(15-26(28)29(36-38)30(39)40)23-13-20(16-33-17-23)19-37-11-2-1-3-12-37/h4-10,13-18H,1-3,11-12,19H2,(H,35,41)(H,39,40). The van der Waals surface area contributed by atoms with Crippen LogP contribution >= 0.6 is 0 Å². The van der Waals surface area contributed by atoms with Crippen LogP contribution in [0.25, 0.3) is 33.3 Å². The number of hydrogen-bond donors (Lipinski definition) is 2. The van der Waals surface area contributed by atoms with Crippen molar-refractivity contribution in [2.24, 2.45) is 0 Å².